The number of nitrogens with two attached hydrogens (primary N) is 1. The summed E-state index contributed by atoms with van der Waals surface area (Å²) in [7, 11) is 1.11. The third-order valence-corrected chi connectivity index (χ3v) is 1.87. The van der Waals surface area contributed by atoms with Crippen LogP contribution in [-0.4, -0.2) is 12.2 Å². The molecule has 0 unspecified atom stereocenters. The third kappa shape index (κ3) is 1.35. The third-order valence-electron chi connectivity index (χ3n) is 1.50. The Morgan fingerprint density at radius 3 is 2.38 bits per heavy atom. The van der Waals surface area contributed by atoms with Crippen LogP contribution in [0.4, 0.5) is 14.5 Å². The highest BCUT2D eigenvalue weighted by atomic mass is 35.5. The van der Waals surface area contributed by atoms with Gasteiger partial charge >= 0.3 is 0 Å². The average Bonchev–Trinajstić information content (AvgIpc) is 2.13. The minimum Gasteiger partial charge on any atom is -0.503 e. The summed E-state index contributed by atoms with van der Waals surface area (Å²) in [6, 6.07) is 0. The summed E-state index contributed by atoms with van der Waals surface area (Å²) in [6.07, 6.45) is 0. The first-order chi connectivity index (χ1) is 6.00. The molecule has 0 radical (unpaired) electrons. The second kappa shape index (κ2) is 3.26. The fourth-order valence-corrected chi connectivity index (χ4v) is 1.07. The number of aromatic hydroxyl groups is 1. The standard InChI is InChI=1S/C7H6ClF2NO2/c1-13-7-2(8)5(11)6(12)3(9)4(7)10/h12H,11H2,1H3. The number of benzene rings is 1. The second-order valence-electron chi connectivity index (χ2n) is 2.24. The zero-order chi connectivity index (χ0) is 10.2. The molecular formula is C7H6ClF2NO2. The Balaban J connectivity index is 3.56. The molecule has 13 heavy (non-hydrogen) atoms. The molecule has 3 N–H and O–H groups in total. The van der Waals surface area contributed by atoms with Gasteiger partial charge in [-0.1, -0.05) is 11.6 Å². The van der Waals surface area contributed by atoms with Gasteiger partial charge in [0.15, 0.2) is 11.5 Å². The molecule has 72 valence electrons. The topological polar surface area (TPSA) is 55.5 Å². The highest BCUT2D eigenvalue weighted by molar-refractivity contribution is 6.34. The van der Waals surface area contributed by atoms with Gasteiger partial charge in [-0.25, -0.2) is 0 Å². The molecule has 3 nitrogen and oxygen atoms in total. The maximum absolute atomic E-state index is 12.9. The van der Waals surface area contributed by atoms with E-state index >= 15 is 0 Å². The van der Waals surface area contributed by atoms with Gasteiger partial charge in [0.05, 0.1) is 12.8 Å². The van der Waals surface area contributed by atoms with E-state index in [1.165, 1.54) is 0 Å². The van der Waals surface area contributed by atoms with Crippen LogP contribution >= 0.6 is 11.6 Å². The monoisotopic (exact) mass is 209 g/mol. The number of hydrogen-bond acceptors (Lipinski definition) is 3. The smallest absolute Gasteiger partial charge is 0.206 e. The molecule has 1 rings (SSSR count). The Labute approximate surface area is 77.7 Å². The number of phenols is 1. The van der Waals surface area contributed by atoms with Crippen LogP contribution in [0.15, 0.2) is 0 Å². The molecular weight excluding hydrogens is 204 g/mol. The van der Waals surface area contributed by atoms with Crippen LogP contribution in [0.25, 0.3) is 0 Å². The summed E-state index contributed by atoms with van der Waals surface area (Å²) in [5.41, 5.74) is 4.71. The Morgan fingerprint density at radius 1 is 1.38 bits per heavy atom. The fourth-order valence-electron chi connectivity index (χ4n) is 0.824. The van der Waals surface area contributed by atoms with Crippen molar-refractivity contribution >= 4 is 17.3 Å². The zero-order valence-corrected chi connectivity index (χ0v) is 7.32. The molecule has 0 atom stereocenters. The van der Waals surface area contributed by atoms with Crippen molar-refractivity contribution in [2.45, 2.75) is 0 Å². The lowest BCUT2D eigenvalue weighted by atomic mass is 10.2. The first kappa shape index (κ1) is 9.85. The summed E-state index contributed by atoms with van der Waals surface area (Å²) in [5, 5.41) is 8.56. The van der Waals surface area contributed by atoms with Gasteiger partial charge in [0, 0.05) is 0 Å². The molecule has 0 aliphatic rings. The Bertz CT molecular complexity index is 328. The molecule has 0 heterocycles. The number of halogens is 3. The summed E-state index contributed by atoms with van der Waals surface area (Å²) in [4.78, 5) is 0. The van der Waals surface area contributed by atoms with Crippen LogP contribution in [0.2, 0.25) is 5.02 Å². The molecule has 0 aliphatic heterocycles. The van der Waals surface area contributed by atoms with E-state index < -0.39 is 28.8 Å². The van der Waals surface area contributed by atoms with Crippen molar-refractivity contribution < 1.29 is 18.6 Å². The van der Waals surface area contributed by atoms with Crippen molar-refractivity contribution in [3.63, 3.8) is 0 Å². The predicted octanol–water partition coefficient (Wildman–Crippen LogP) is 1.91. The molecule has 1 aromatic rings. The number of ether oxygens (including phenoxy) is 1. The van der Waals surface area contributed by atoms with Crippen LogP contribution in [0.3, 0.4) is 0 Å². The van der Waals surface area contributed by atoms with E-state index in [1.807, 2.05) is 0 Å². The normalized spacial score (nSPS) is 10.2. The number of hydrogen-bond donors (Lipinski definition) is 2. The minimum atomic E-state index is -1.47. The molecule has 0 spiro atoms. The highest BCUT2D eigenvalue weighted by Gasteiger charge is 2.22. The molecule has 0 amide bonds. The van der Waals surface area contributed by atoms with Gasteiger partial charge in [-0.2, -0.15) is 8.78 Å². The first-order valence-corrected chi connectivity index (χ1v) is 3.57. The molecule has 0 fully saturated rings. The number of methoxy groups -OCH3 is 1. The van der Waals surface area contributed by atoms with Gasteiger partial charge in [0.25, 0.3) is 0 Å². The van der Waals surface area contributed by atoms with Gasteiger partial charge in [-0.15, -0.1) is 0 Å². The maximum Gasteiger partial charge on any atom is 0.206 e. The quantitative estimate of drug-likeness (QED) is 0.422. The van der Waals surface area contributed by atoms with Crippen molar-refractivity contribution in [3.05, 3.63) is 16.7 Å². The van der Waals surface area contributed by atoms with Crippen molar-refractivity contribution in [1.29, 1.82) is 0 Å². The van der Waals surface area contributed by atoms with E-state index in [1.54, 1.807) is 0 Å². The van der Waals surface area contributed by atoms with E-state index in [9.17, 15) is 8.78 Å². The lowest BCUT2D eigenvalue weighted by Crippen LogP contribution is -1.98. The number of anilines is 1. The fraction of sp³-hybridized carbons (Fsp3) is 0.143. The van der Waals surface area contributed by atoms with Crippen LogP contribution in [0, 0.1) is 11.6 Å². The Morgan fingerprint density at radius 2 is 1.92 bits per heavy atom. The number of nitrogen functional groups attached to an aromatic ring is 1. The van der Waals surface area contributed by atoms with E-state index in [0.717, 1.165) is 7.11 Å². The van der Waals surface area contributed by atoms with Crippen molar-refractivity contribution in [2.24, 2.45) is 0 Å². The summed E-state index contributed by atoms with van der Waals surface area (Å²) in [6.45, 7) is 0. The lowest BCUT2D eigenvalue weighted by Gasteiger charge is -2.09. The lowest BCUT2D eigenvalue weighted by molar-refractivity contribution is 0.357. The van der Waals surface area contributed by atoms with Crippen LogP contribution in [0.5, 0.6) is 11.5 Å². The van der Waals surface area contributed by atoms with E-state index in [-0.39, 0.29) is 5.02 Å². The highest BCUT2D eigenvalue weighted by Crippen LogP contribution is 2.41. The zero-order valence-electron chi connectivity index (χ0n) is 6.57. The predicted molar refractivity (Wildman–Crippen MR) is 44.0 cm³/mol. The van der Waals surface area contributed by atoms with E-state index in [4.69, 9.17) is 22.4 Å². The van der Waals surface area contributed by atoms with E-state index in [2.05, 4.69) is 4.74 Å². The minimum absolute atomic E-state index is 0.348. The Hall–Kier alpha value is -1.23. The largest absolute Gasteiger partial charge is 0.503 e. The van der Waals surface area contributed by atoms with Gasteiger partial charge < -0.3 is 15.6 Å². The van der Waals surface area contributed by atoms with Crippen molar-refractivity contribution in [1.82, 2.24) is 0 Å². The van der Waals surface area contributed by atoms with Crippen LogP contribution in [-0.2, 0) is 0 Å². The summed E-state index contributed by atoms with van der Waals surface area (Å²) in [5.74, 6) is -4.37. The average molecular weight is 210 g/mol. The first-order valence-electron chi connectivity index (χ1n) is 3.19. The number of phenolic OH excluding ortho intramolecular Hbond substituents is 1. The van der Waals surface area contributed by atoms with Crippen LogP contribution < -0.4 is 10.5 Å². The SMILES string of the molecule is COc1c(F)c(F)c(O)c(N)c1Cl. The van der Waals surface area contributed by atoms with Crippen molar-refractivity contribution in [2.75, 3.05) is 12.8 Å². The second-order valence-corrected chi connectivity index (χ2v) is 2.62. The molecule has 0 saturated heterocycles. The summed E-state index contributed by atoms with van der Waals surface area (Å²) >= 11 is 5.46. The van der Waals surface area contributed by atoms with Gasteiger partial charge in [0.1, 0.15) is 5.02 Å². The molecule has 1 aromatic carbocycles. The van der Waals surface area contributed by atoms with Crippen LogP contribution in [0.1, 0.15) is 0 Å². The summed E-state index contributed by atoms with van der Waals surface area (Å²) < 4.78 is 30.1. The molecule has 0 bridgehead atoms. The molecule has 0 aromatic heterocycles. The van der Waals surface area contributed by atoms with Gasteiger partial charge in [-0.3, -0.25) is 0 Å². The maximum atomic E-state index is 12.9. The van der Waals surface area contributed by atoms with Gasteiger partial charge in [0.2, 0.25) is 11.6 Å². The Kier molecular flexibility index (Phi) is 2.47. The van der Waals surface area contributed by atoms with E-state index in [0.29, 0.717) is 0 Å². The van der Waals surface area contributed by atoms with Gasteiger partial charge in [-0.05, 0) is 0 Å². The number of rotatable bonds is 1. The molecule has 0 saturated carbocycles. The van der Waals surface area contributed by atoms with Crippen molar-refractivity contribution in [3.8, 4) is 11.5 Å². The molecule has 6 heteroatoms. The molecule has 0 aliphatic carbocycles.